The van der Waals surface area contributed by atoms with E-state index >= 15 is 0 Å². The third-order valence-electron chi connectivity index (χ3n) is 4.18. The second kappa shape index (κ2) is 4.31. The van der Waals surface area contributed by atoms with E-state index in [1.54, 1.807) is 0 Å². The summed E-state index contributed by atoms with van der Waals surface area (Å²) >= 11 is 0. The minimum Gasteiger partial charge on any atom is -0.191 e. The van der Waals surface area contributed by atoms with Crippen LogP contribution in [0.25, 0.3) is 11.1 Å². The Labute approximate surface area is 119 Å². The maximum atomic E-state index is 2.37. The molecule has 0 radical (unpaired) electrons. The van der Waals surface area contributed by atoms with Gasteiger partial charge in [0.1, 0.15) is 0 Å². The molecule has 0 saturated heterocycles. The molecule has 20 heavy (non-hydrogen) atoms. The van der Waals surface area contributed by atoms with E-state index in [-0.39, 0.29) is 0 Å². The van der Waals surface area contributed by atoms with E-state index < -0.39 is 0 Å². The van der Waals surface area contributed by atoms with Crippen molar-refractivity contribution in [1.29, 1.82) is 0 Å². The van der Waals surface area contributed by atoms with Gasteiger partial charge in [-0.3, -0.25) is 0 Å². The minimum atomic E-state index is 0.295. The molecule has 0 fully saturated rings. The van der Waals surface area contributed by atoms with Gasteiger partial charge in [-0.2, -0.15) is 4.57 Å². The van der Waals surface area contributed by atoms with Crippen molar-refractivity contribution in [2.75, 3.05) is 0 Å². The number of pyridine rings is 1. The number of benzene rings is 2. The van der Waals surface area contributed by atoms with Gasteiger partial charge in [-0.25, -0.2) is 0 Å². The third-order valence-corrected chi connectivity index (χ3v) is 4.18. The zero-order valence-electron chi connectivity index (χ0n) is 11.5. The molecule has 1 aliphatic rings. The number of nitrogens with zero attached hydrogens (tertiary/aromatic N) is 1. The fourth-order valence-electron chi connectivity index (χ4n) is 3.26. The van der Waals surface area contributed by atoms with Gasteiger partial charge in [0.2, 0.25) is 6.04 Å². The molecule has 0 saturated carbocycles. The molecule has 0 N–H and O–H groups in total. The van der Waals surface area contributed by atoms with Crippen LogP contribution in [0.5, 0.6) is 0 Å². The second-order valence-corrected chi connectivity index (χ2v) is 5.33. The zero-order valence-corrected chi connectivity index (χ0v) is 11.5. The van der Waals surface area contributed by atoms with E-state index in [4.69, 9.17) is 0 Å². The summed E-state index contributed by atoms with van der Waals surface area (Å²) in [6.07, 6.45) is 2.18. The molecule has 1 aromatic heterocycles. The smallest absolute Gasteiger partial charge is 0.191 e. The van der Waals surface area contributed by atoms with Crippen LogP contribution in [0, 0.1) is 6.92 Å². The van der Waals surface area contributed by atoms with Crippen LogP contribution in [-0.2, 0) is 0 Å². The average Bonchev–Trinajstić information content (AvgIpc) is 2.83. The molecule has 0 aliphatic heterocycles. The Hall–Kier alpha value is -2.41. The first kappa shape index (κ1) is 11.4. The number of hydrogen-bond donors (Lipinski definition) is 0. The summed E-state index contributed by atoms with van der Waals surface area (Å²) in [7, 11) is 0. The number of aromatic nitrogens is 1. The standard InChI is InChI=1S/C19H16N/c1-14-8-6-7-13-20(14)19-17-11-4-2-9-15(17)16-10-3-5-12-18(16)19/h2-13,19H,1H3/q+1. The number of rotatable bonds is 1. The quantitative estimate of drug-likeness (QED) is 0.456. The highest BCUT2D eigenvalue weighted by molar-refractivity contribution is 5.77. The molecule has 0 amide bonds. The van der Waals surface area contributed by atoms with E-state index in [0.29, 0.717) is 6.04 Å². The topological polar surface area (TPSA) is 3.88 Å². The van der Waals surface area contributed by atoms with Crippen molar-refractivity contribution in [3.8, 4) is 11.1 Å². The fraction of sp³-hybridized carbons (Fsp3) is 0.105. The molecule has 0 spiro atoms. The highest BCUT2D eigenvalue weighted by Crippen LogP contribution is 2.42. The lowest BCUT2D eigenvalue weighted by Crippen LogP contribution is -2.42. The van der Waals surface area contributed by atoms with Gasteiger partial charge in [-0.1, -0.05) is 54.6 Å². The first-order valence-electron chi connectivity index (χ1n) is 7.01. The van der Waals surface area contributed by atoms with E-state index in [2.05, 4.69) is 84.4 Å². The highest BCUT2D eigenvalue weighted by atomic mass is 15.0. The molecule has 1 nitrogen and oxygen atoms in total. The van der Waals surface area contributed by atoms with Gasteiger partial charge in [0, 0.05) is 30.2 Å². The van der Waals surface area contributed by atoms with Gasteiger partial charge in [0.25, 0.3) is 0 Å². The summed E-state index contributed by atoms with van der Waals surface area (Å²) in [6, 6.07) is 24.1. The van der Waals surface area contributed by atoms with Crippen LogP contribution in [0.15, 0.2) is 72.9 Å². The largest absolute Gasteiger partial charge is 0.210 e. The molecule has 4 rings (SSSR count). The molecule has 1 aliphatic carbocycles. The summed E-state index contributed by atoms with van der Waals surface area (Å²) < 4.78 is 2.37. The fourth-order valence-corrected chi connectivity index (χ4v) is 3.26. The van der Waals surface area contributed by atoms with Crippen LogP contribution in [-0.4, -0.2) is 0 Å². The Morgan fingerprint density at radius 3 is 1.85 bits per heavy atom. The van der Waals surface area contributed by atoms with Gasteiger partial charge < -0.3 is 0 Å². The molecule has 0 unspecified atom stereocenters. The zero-order chi connectivity index (χ0) is 13.5. The first-order valence-corrected chi connectivity index (χ1v) is 7.01. The first-order chi connectivity index (χ1) is 9.86. The second-order valence-electron chi connectivity index (χ2n) is 5.33. The molecule has 0 bridgehead atoms. The lowest BCUT2D eigenvalue weighted by Gasteiger charge is -2.10. The number of aryl methyl sites for hydroxylation is 1. The average molecular weight is 258 g/mol. The number of fused-ring (bicyclic) bond motifs is 3. The Kier molecular flexibility index (Phi) is 2.46. The Balaban J connectivity index is 2.03. The monoisotopic (exact) mass is 258 g/mol. The summed E-state index contributed by atoms with van der Waals surface area (Å²) in [5.74, 6) is 0. The minimum absolute atomic E-state index is 0.295. The third kappa shape index (κ3) is 1.53. The summed E-state index contributed by atoms with van der Waals surface area (Å²) in [5, 5.41) is 0. The lowest BCUT2D eigenvalue weighted by molar-refractivity contribution is -0.709. The maximum Gasteiger partial charge on any atom is 0.210 e. The maximum absolute atomic E-state index is 2.37. The molecular weight excluding hydrogens is 242 g/mol. The number of hydrogen-bond acceptors (Lipinski definition) is 0. The van der Waals surface area contributed by atoms with Crippen molar-refractivity contribution >= 4 is 0 Å². The van der Waals surface area contributed by atoms with Gasteiger partial charge >= 0.3 is 0 Å². The summed E-state index contributed by atoms with van der Waals surface area (Å²) in [4.78, 5) is 0. The van der Waals surface area contributed by atoms with Crippen molar-refractivity contribution in [2.45, 2.75) is 13.0 Å². The van der Waals surface area contributed by atoms with Crippen LogP contribution in [0.4, 0.5) is 0 Å². The SMILES string of the molecule is Cc1cccc[n+]1C1c2ccccc2-c2ccccc21. The predicted molar refractivity (Wildman–Crippen MR) is 80.5 cm³/mol. The van der Waals surface area contributed by atoms with Crippen LogP contribution < -0.4 is 4.57 Å². The summed E-state index contributed by atoms with van der Waals surface area (Å²) in [6.45, 7) is 2.17. The van der Waals surface area contributed by atoms with Crippen molar-refractivity contribution in [1.82, 2.24) is 0 Å². The van der Waals surface area contributed by atoms with E-state index in [1.165, 1.54) is 27.9 Å². The van der Waals surface area contributed by atoms with Crippen LogP contribution in [0.1, 0.15) is 22.9 Å². The van der Waals surface area contributed by atoms with Gasteiger partial charge in [0.05, 0.1) is 0 Å². The lowest BCUT2D eigenvalue weighted by atomic mass is 10.0. The van der Waals surface area contributed by atoms with Crippen molar-refractivity contribution in [3.05, 3.63) is 89.7 Å². The van der Waals surface area contributed by atoms with Gasteiger partial charge in [0.15, 0.2) is 11.9 Å². The van der Waals surface area contributed by atoms with Crippen molar-refractivity contribution in [3.63, 3.8) is 0 Å². The van der Waals surface area contributed by atoms with Gasteiger partial charge in [-0.05, 0) is 11.1 Å². The Morgan fingerprint density at radius 2 is 1.25 bits per heavy atom. The molecule has 0 atom stereocenters. The van der Waals surface area contributed by atoms with Crippen LogP contribution in [0.3, 0.4) is 0 Å². The molecular formula is C19H16N+. The molecule has 3 aromatic rings. The molecule has 1 heteroatoms. The predicted octanol–water partition coefficient (Wildman–Crippen LogP) is 3.90. The van der Waals surface area contributed by atoms with E-state index in [9.17, 15) is 0 Å². The molecule has 96 valence electrons. The van der Waals surface area contributed by atoms with Crippen molar-refractivity contribution < 1.29 is 4.57 Å². The van der Waals surface area contributed by atoms with E-state index in [1.807, 2.05) is 0 Å². The van der Waals surface area contributed by atoms with Gasteiger partial charge in [-0.15, -0.1) is 0 Å². The van der Waals surface area contributed by atoms with E-state index in [0.717, 1.165) is 0 Å². The molecule has 1 heterocycles. The normalized spacial score (nSPS) is 13.1. The summed E-state index contributed by atoms with van der Waals surface area (Å²) in [5.41, 5.74) is 6.80. The molecule has 2 aromatic carbocycles. The van der Waals surface area contributed by atoms with Crippen molar-refractivity contribution in [2.24, 2.45) is 0 Å². The van der Waals surface area contributed by atoms with Crippen LogP contribution in [0.2, 0.25) is 0 Å². The Bertz CT molecular complexity index is 744. The highest BCUT2D eigenvalue weighted by Gasteiger charge is 2.35. The Morgan fingerprint density at radius 1 is 0.700 bits per heavy atom. The van der Waals surface area contributed by atoms with Crippen LogP contribution >= 0.6 is 0 Å².